The number of benzene rings is 1. The summed E-state index contributed by atoms with van der Waals surface area (Å²) >= 11 is 0. The average molecular weight is 245 g/mol. The number of nitrogens with one attached hydrogen (secondary N) is 1. The van der Waals surface area contributed by atoms with Crippen molar-refractivity contribution in [2.24, 2.45) is 5.92 Å². The van der Waals surface area contributed by atoms with Crippen LogP contribution in [0.2, 0.25) is 0 Å². The summed E-state index contributed by atoms with van der Waals surface area (Å²) < 4.78 is 11.5. The lowest BCUT2D eigenvalue weighted by atomic mass is 9.59. The highest BCUT2D eigenvalue weighted by Gasteiger charge is 2.54. The number of hydrogen-bond donors (Lipinski definition) is 1. The van der Waals surface area contributed by atoms with Gasteiger partial charge in [0.15, 0.2) is 11.5 Å². The van der Waals surface area contributed by atoms with E-state index in [2.05, 4.69) is 24.4 Å². The number of ether oxygens (including phenoxy) is 2. The Balaban J connectivity index is 1.98. The molecule has 2 aliphatic heterocycles. The van der Waals surface area contributed by atoms with Gasteiger partial charge in [0.05, 0.1) is 13.7 Å². The van der Waals surface area contributed by atoms with Crippen LogP contribution in [-0.4, -0.2) is 26.3 Å². The zero-order valence-corrected chi connectivity index (χ0v) is 11.0. The first-order valence-corrected chi connectivity index (χ1v) is 6.83. The zero-order valence-electron chi connectivity index (χ0n) is 11.0. The van der Waals surface area contributed by atoms with Crippen molar-refractivity contribution in [1.29, 1.82) is 0 Å². The van der Waals surface area contributed by atoms with Gasteiger partial charge >= 0.3 is 0 Å². The standard InChI is InChI=1S/C15H19NO2/c1-9-11-7-10-3-4-12(17-2)14-13(10)15(9,8-18-14)5-6-16-11/h3-4,9,11,16H,5-8H2,1-2H3. The van der Waals surface area contributed by atoms with E-state index in [9.17, 15) is 0 Å². The molecule has 3 heteroatoms. The minimum absolute atomic E-state index is 0.230. The molecule has 4 rings (SSSR count). The van der Waals surface area contributed by atoms with Crippen LogP contribution in [0.3, 0.4) is 0 Å². The quantitative estimate of drug-likeness (QED) is 0.819. The van der Waals surface area contributed by atoms with Gasteiger partial charge in [0.1, 0.15) is 0 Å². The van der Waals surface area contributed by atoms with Crippen LogP contribution in [0.4, 0.5) is 0 Å². The van der Waals surface area contributed by atoms with E-state index in [1.54, 1.807) is 7.11 Å². The minimum Gasteiger partial charge on any atom is -0.493 e. The molecule has 3 aliphatic rings. The van der Waals surface area contributed by atoms with Crippen molar-refractivity contribution in [3.05, 3.63) is 23.3 Å². The molecule has 1 aliphatic carbocycles. The van der Waals surface area contributed by atoms with Crippen LogP contribution < -0.4 is 14.8 Å². The monoisotopic (exact) mass is 245 g/mol. The number of hydrogen-bond acceptors (Lipinski definition) is 3. The van der Waals surface area contributed by atoms with E-state index in [1.165, 1.54) is 17.5 Å². The van der Waals surface area contributed by atoms with E-state index in [4.69, 9.17) is 9.47 Å². The van der Waals surface area contributed by atoms with Crippen LogP contribution in [0.5, 0.6) is 11.5 Å². The molecule has 3 nitrogen and oxygen atoms in total. The summed E-state index contributed by atoms with van der Waals surface area (Å²) in [5.41, 5.74) is 3.14. The molecule has 1 N–H and O–H groups in total. The van der Waals surface area contributed by atoms with Gasteiger partial charge in [0.2, 0.25) is 0 Å². The van der Waals surface area contributed by atoms with Gasteiger partial charge in [0, 0.05) is 17.0 Å². The van der Waals surface area contributed by atoms with Gasteiger partial charge in [0.25, 0.3) is 0 Å². The Morgan fingerprint density at radius 2 is 2.33 bits per heavy atom. The Hall–Kier alpha value is -1.22. The van der Waals surface area contributed by atoms with Gasteiger partial charge in [-0.3, -0.25) is 0 Å². The summed E-state index contributed by atoms with van der Waals surface area (Å²) in [6.07, 6.45) is 2.30. The molecule has 1 aromatic carbocycles. The Morgan fingerprint density at radius 3 is 3.17 bits per heavy atom. The molecule has 0 saturated carbocycles. The van der Waals surface area contributed by atoms with E-state index in [0.29, 0.717) is 12.0 Å². The molecule has 18 heavy (non-hydrogen) atoms. The van der Waals surface area contributed by atoms with Crippen molar-refractivity contribution in [3.8, 4) is 11.5 Å². The van der Waals surface area contributed by atoms with Gasteiger partial charge in [-0.25, -0.2) is 0 Å². The Bertz CT molecular complexity index is 513. The number of methoxy groups -OCH3 is 1. The second-order valence-corrected chi connectivity index (χ2v) is 5.88. The number of fused-ring (bicyclic) bond motifs is 1. The average Bonchev–Trinajstić information content (AvgIpc) is 2.74. The number of piperidine rings is 1. The summed E-state index contributed by atoms with van der Waals surface area (Å²) in [6, 6.07) is 4.89. The third kappa shape index (κ3) is 1.09. The third-order valence-electron chi connectivity index (χ3n) is 5.29. The number of rotatable bonds is 1. The van der Waals surface area contributed by atoms with E-state index < -0.39 is 0 Å². The highest BCUT2D eigenvalue weighted by Crippen LogP contribution is 2.56. The molecular weight excluding hydrogens is 226 g/mol. The SMILES string of the molecule is COc1ccc2c3c1OCC31CCNC(C2)C1C. The van der Waals surface area contributed by atoms with Crippen LogP contribution in [0, 0.1) is 5.92 Å². The molecular formula is C15H19NO2. The molecule has 1 fully saturated rings. The molecule has 1 spiro atoms. The van der Waals surface area contributed by atoms with E-state index in [0.717, 1.165) is 31.1 Å². The van der Waals surface area contributed by atoms with Crippen LogP contribution in [0.25, 0.3) is 0 Å². The van der Waals surface area contributed by atoms with Gasteiger partial charge < -0.3 is 14.8 Å². The predicted molar refractivity (Wildman–Crippen MR) is 69.4 cm³/mol. The summed E-state index contributed by atoms with van der Waals surface area (Å²) in [5, 5.41) is 3.67. The highest BCUT2D eigenvalue weighted by atomic mass is 16.5. The van der Waals surface area contributed by atoms with Gasteiger partial charge in [-0.2, -0.15) is 0 Å². The minimum atomic E-state index is 0.230. The van der Waals surface area contributed by atoms with Gasteiger partial charge in [-0.15, -0.1) is 0 Å². The zero-order chi connectivity index (χ0) is 12.3. The van der Waals surface area contributed by atoms with E-state index in [-0.39, 0.29) is 5.41 Å². The van der Waals surface area contributed by atoms with E-state index >= 15 is 0 Å². The summed E-state index contributed by atoms with van der Waals surface area (Å²) in [5.74, 6) is 2.56. The molecule has 1 aromatic rings. The van der Waals surface area contributed by atoms with Crippen LogP contribution >= 0.6 is 0 Å². The molecule has 96 valence electrons. The molecule has 3 unspecified atom stereocenters. The first-order chi connectivity index (χ1) is 8.76. The lowest BCUT2D eigenvalue weighted by molar-refractivity contribution is 0.114. The summed E-state index contributed by atoms with van der Waals surface area (Å²) in [7, 11) is 1.73. The molecule has 0 amide bonds. The van der Waals surface area contributed by atoms with Gasteiger partial charge in [-0.1, -0.05) is 13.0 Å². The fraction of sp³-hybridized carbons (Fsp3) is 0.600. The molecule has 3 atom stereocenters. The molecule has 1 saturated heterocycles. The fourth-order valence-corrected chi connectivity index (χ4v) is 4.21. The molecule has 2 bridgehead atoms. The maximum atomic E-state index is 6.04. The van der Waals surface area contributed by atoms with E-state index in [1.807, 2.05) is 0 Å². The van der Waals surface area contributed by atoms with Crippen molar-refractivity contribution < 1.29 is 9.47 Å². The Labute approximate surface area is 107 Å². The second kappa shape index (κ2) is 3.41. The Kier molecular flexibility index (Phi) is 2.03. The van der Waals surface area contributed by atoms with Crippen molar-refractivity contribution in [1.82, 2.24) is 5.32 Å². The molecule has 0 aromatic heterocycles. The van der Waals surface area contributed by atoms with Crippen molar-refractivity contribution in [2.75, 3.05) is 20.3 Å². The Morgan fingerprint density at radius 1 is 1.44 bits per heavy atom. The predicted octanol–water partition coefficient (Wildman–Crippen LogP) is 1.88. The van der Waals surface area contributed by atoms with Crippen LogP contribution in [-0.2, 0) is 11.8 Å². The molecule has 0 radical (unpaired) electrons. The third-order valence-corrected chi connectivity index (χ3v) is 5.29. The van der Waals surface area contributed by atoms with Gasteiger partial charge in [-0.05, 0) is 36.9 Å². The smallest absolute Gasteiger partial charge is 0.165 e. The lowest BCUT2D eigenvalue weighted by Gasteiger charge is -2.48. The summed E-state index contributed by atoms with van der Waals surface area (Å²) in [6.45, 7) is 4.31. The van der Waals surface area contributed by atoms with Crippen molar-refractivity contribution in [3.63, 3.8) is 0 Å². The first kappa shape index (κ1) is 10.7. The maximum Gasteiger partial charge on any atom is 0.165 e. The van der Waals surface area contributed by atoms with Crippen molar-refractivity contribution >= 4 is 0 Å². The maximum absolute atomic E-state index is 6.04. The highest BCUT2D eigenvalue weighted by molar-refractivity contribution is 5.59. The first-order valence-electron chi connectivity index (χ1n) is 6.83. The topological polar surface area (TPSA) is 30.5 Å². The van der Waals surface area contributed by atoms with Crippen LogP contribution in [0.15, 0.2) is 12.1 Å². The lowest BCUT2D eigenvalue weighted by Crippen LogP contribution is -2.57. The second-order valence-electron chi connectivity index (χ2n) is 5.88. The fourth-order valence-electron chi connectivity index (χ4n) is 4.21. The summed E-state index contributed by atoms with van der Waals surface area (Å²) in [4.78, 5) is 0. The largest absolute Gasteiger partial charge is 0.493 e. The normalized spacial score (nSPS) is 35.9. The van der Waals surface area contributed by atoms with Crippen LogP contribution in [0.1, 0.15) is 24.5 Å². The van der Waals surface area contributed by atoms with Crippen molar-refractivity contribution in [2.45, 2.75) is 31.2 Å². The molecule has 2 heterocycles.